The summed E-state index contributed by atoms with van der Waals surface area (Å²) >= 11 is 0. The van der Waals surface area contributed by atoms with Gasteiger partial charge in [0, 0.05) is 16.9 Å². The summed E-state index contributed by atoms with van der Waals surface area (Å²) in [5.74, 6) is 0.211. The summed E-state index contributed by atoms with van der Waals surface area (Å²) in [5, 5.41) is 14.4. The molecule has 158 valence electrons. The molecule has 1 amide bonds. The molecule has 0 aliphatic heterocycles. The molecule has 3 aromatic carbocycles. The van der Waals surface area contributed by atoms with Gasteiger partial charge in [-0.3, -0.25) is 9.36 Å². The summed E-state index contributed by atoms with van der Waals surface area (Å²) in [6.07, 6.45) is 1.38. The minimum atomic E-state index is -0.306. The number of rotatable bonds is 5. The SMILES string of the molecule is Cc1nc2ccc(C(=O)Nc3ccc(Cn4ncnn4)cc3)cc2n1-c1ccc(F)cc1. The van der Waals surface area contributed by atoms with Gasteiger partial charge in [-0.25, -0.2) is 9.37 Å². The summed E-state index contributed by atoms with van der Waals surface area (Å²) in [5.41, 5.74) is 4.47. The third-order valence-electron chi connectivity index (χ3n) is 5.10. The number of aromatic nitrogens is 6. The first-order valence-corrected chi connectivity index (χ1v) is 9.93. The molecule has 2 heterocycles. The minimum Gasteiger partial charge on any atom is -0.322 e. The highest BCUT2D eigenvalue weighted by atomic mass is 19.1. The largest absolute Gasteiger partial charge is 0.322 e. The van der Waals surface area contributed by atoms with E-state index in [-0.39, 0.29) is 11.7 Å². The molecule has 5 rings (SSSR count). The second-order valence-corrected chi connectivity index (χ2v) is 7.29. The van der Waals surface area contributed by atoms with Crippen LogP contribution in [0.1, 0.15) is 21.7 Å². The summed E-state index contributed by atoms with van der Waals surface area (Å²) < 4.78 is 15.3. The maximum Gasteiger partial charge on any atom is 0.255 e. The average Bonchev–Trinajstić information content (AvgIpc) is 3.42. The number of benzene rings is 3. The Morgan fingerprint density at radius 3 is 2.53 bits per heavy atom. The number of amides is 1. The first kappa shape index (κ1) is 19.6. The third kappa shape index (κ3) is 3.83. The average molecular weight is 427 g/mol. The van der Waals surface area contributed by atoms with Gasteiger partial charge in [-0.05, 0) is 72.3 Å². The maximum atomic E-state index is 13.4. The van der Waals surface area contributed by atoms with Gasteiger partial charge in [0.25, 0.3) is 5.91 Å². The third-order valence-corrected chi connectivity index (χ3v) is 5.10. The fraction of sp³-hybridized carbons (Fsp3) is 0.0870. The predicted molar refractivity (Wildman–Crippen MR) is 117 cm³/mol. The molecule has 0 unspecified atom stereocenters. The van der Waals surface area contributed by atoms with Crippen LogP contribution < -0.4 is 5.32 Å². The number of anilines is 1. The van der Waals surface area contributed by atoms with Crippen molar-refractivity contribution in [2.45, 2.75) is 13.5 Å². The number of imidazole rings is 1. The maximum absolute atomic E-state index is 13.4. The van der Waals surface area contributed by atoms with E-state index in [2.05, 4.69) is 25.7 Å². The van der Waals surface area contributed by atoms with E-state index in [1.807, 2.05) is 41.8 Å². The Morgan fingerprint density at radius 1 is 1.03 bits per heavy atom. The van der Waals surface area contributed by atoms with Crippen molar-refractivity contribution in [1.82, 2.24) is 29.8 Å². The lowest BCUT2D eigenvalue weighted by atomic mass is 10.1. The van der Waals surface area contributed by atoms with Crippen LogP contribution in [0.5, 0.6) is 0 Å². The van der Waals surface area contributed by atoms with Crippen LogP contribution in [-0.2, 0) is 6.54 Å². The highest BCUT2D eigenvalue weighted by Crippen LogP contribution is 2.23. The zero-order chi connectivity index (χ0) is 22.1. The minimum absolute atomic E-state index is 0.234. The Kier molecular flexibility index (Phi) is 4.91. The predicted octanol–water partition coefficient (Wildman–Crippen LogP) is 3.76. The molecule has 0 saturated heterocycles. The second kappa shape index (κ2) is 8.03. The summed E-state index contributed by atoms with van der Waals surface area (Å²) in [6.45, 7) is 2.37. The molecule has 0 aliphatic carbocycles. The van der Waals surface area contributed by atoms with E-state index in [9.17, 15) is 9.18 Å². The van der Waals surface area contributed by atoms with Gasteiger partial charge in [0.15, 0.2) is 6.33 Å². The molecular formula is C23H18FN7O. The Bertz CT molecular complexity index is 1390. The zero-order valence-electron chi connectivity index (χ0n) is 17.1. The van der Waals surface area contributed by atoms with Gasteiger partial charge >= 0.3 is 0 Å². The highest BCUT2D eigenvalue weighted by Gasteiger charge is 2.13. The fourth-order valence-electron chi connectivity index (χ4n) is 3.57. The molecule has 5 aromatic rings. The van der Waals surface area contributed by atoms with E-state index >= 15 is 0 Å². The molecule has 0 saturated carbocycles. The normalized spacial score (nSPS) is 11.1. The topological polar surface area (TPSA) is 90.5 Å². The number of aryl methyl sites for hydroxylation is 1. The van der Waals surface area contributed by atoms with Crippen molar-refractivity contribution in [3.8, 4) is 5.69 Å². The molecule has 0 aliphatic rings. The standard InChI is InChI=1S/C23H18FN7O/c1-15-27-21-11-4-17(12-22(21)31(15)20-9-5-18(24)6-10-20)23(32)28-19-7-2-16(3-8-19)13-30-26-14-25-29-30/h2-12,14H,13H2,1H3,(H,28,32). The van der Waals surface area contributed by atoms with Crippen LogP contribution in [0.25, 0.3) is 16.7 Å². The summed E-state index contributed by atoms with van der Waals surface area (Å²) in [6, 6.07) is 19.0. The molecule has 0 spiro atoms. The highest BCUT2D eigenvalue weighted by molar-refractivity contribution is 6.06. The smallest absolute Gasteiger partial charge is 0.255 e. The van der Waals surface area contributed by atoms with Gasteiger partial charge in [0.05, 0.1) is 17.6 Å². The van der Waals surface area contributed by atoms with Gasteiger partial charge < -0.3 is 5.32 Å². The van der Waals surface area contributed by atoms with Crippen LogP contribution in [0.3, 0.4) is 0 Å². The van der Waals surface area contributed by atoms with Crippen molar-refractivity contribution in [3.63, 3.8) is 0 Å². The number of tetrazole rings is 1. The monoisotopic (exact) mass is 427 g/mol. The van der Waals surface area contributed by atoms with Crippen molar-refractivity contribution in [2.75, 3.05) is 5.32 Å². The lowest BCUT2D eigenvalue weighted by Crippen LogP contribution is -2.12. The van der Waals surface area contributed by atoms with E-state index in [1.165, 1.54) is 23.3 Å². The number of fused-ring (bicyclic) bond motifs is 1. The van der Waals surface area contributed by atoms with Gasteiger partial charge in [-0.2, -0.15) is 4.80 Å². The molecule has 0 atom stereocenters. The number of carbonyl (C=O) groups excluding carboxylic acids is 1. The number of nitrogens with zero attached hydrogens (tertiary/aromatic N) is 6. The zero-order valence-corrected chi connectivity index (χ0v) is 17.1. The fourth-order valence-corrected chi connectivity index (χ4v) is 3.57. The van der Waals surface area contributed by atoms with E-state index in [0.29, 0.717) is 17.8 Å². The molecule has 8 nitrogen and oxygen atoms in total. The van der Waals surface area contributed by atoms with Crippen molar-refractivity contribution < 1.29 is 9.18 Å². The number of carbonyl (C=O) groups is 1. The molecule has 2 aromatic heterocycles. The van der Waals surface area contributed by atoms with Crippen molar-refractivity contribution in [3.05, 3.63) is 95.8 Å². The van der Waals surface area contributed by atoms with Crippen LogP contribution in [0.4, 0.5) is 10.1 Å². The van der Waals surface area contributed by atoms with Crippen molar-refractivity contribution in [2.24, 2.45) is 0 Å². The van der Waals surface area contributed by atoms with Crippen molar-refractivity contribution >= 4 is 22.6 Å². The van der Waals surface area contributed by atoms with Gasteiger partial charge in [0.2, 0.25) is 0 Å². The summed E-state index contributed by atoms with van der Waals surface area (Å²) in [7, 11) is 0. The van der Waals surface area contributed by atoms with Crippen molar-refractivity contribution in [1.29, 1.82) is 0 Å². The Hall–Kier alpha value is -4.40. The Balaban J connectivity index is 1.39. The lowest BCUT2D eigenvalue weighted by Gasteiger charge is -2.09. The number of hydrogen-bond acceptors (Lipinski definition) is 5. The van der Waals surface area contributed by atoms with E-state index in [1.54, 1.807) is 24.3 Å². The van der Waals surface area contributed by atoms with E-state index < -0.39 is 0 Å². The summed E-state index contributed by atoms with van der Waals surface area (Å²) in [4.78, 5) is 18.9. The molecule has 1 N–H and O–H groups in total. The Morgan fingerprint density at radius 2 is 1.81 bits per heavy atom. The first-order chi connectivity index (χ1) is 15.6. The van der Waals surface area contributed by atoms with Crippen LogP contribution in [0.2, 0.25) is 0 Å². The quantitative estimate of drug-likeness (QED) is 0.461. The van der Waals surface area contributed by atoms with Gasteiger partial charge in [0.1, 0.15) is 11.6 Å². The van der Waals surface area contributed by atoms with Crippen LogP contribution in [0.15, 0.2) is 73.1 Å². The van der Waals surface area contributed by atoms with Crippen LogP contribution in [-0.4, -0.2) is 35.7 Å². The Labute approximate surface area is 182 Å². The number of nitrogens with one attached hydrogen (secondary N) is 1. The molecule has 0 bridgehead atoms. The first-order valence-electron chi connectivity index (χ1n) is 9.93. The molecule has 9 heteroatoms. The van der Waals surface area contributed by atoms with Crippen LogP contribution in [0, 0.1) is 12.7 Å². The molecule has 0 fully saturated rings. The number of halogens is 1. The van der Waals surface area contributed by atoms with Crippen LogP contribution >= 0.6 is 0 Å². The lowest BCUT2D eigenvalue weighted by molar-refractivity contribution is 0.102. The molecule has 0 radical (unpaired) electrons. The van der Waals surface area contributed by atoms with Gasteiger partial charge in [-0.15, -0.1) is 10.2 Å². The van der Waals surface area contributed by atoms with E-state index in [0.717, 1.165) is 28.1 Å². The van der Waals surface area contributed by atoms with E-state index in [4.69, 9.17) is 0 Å². The second-order valence-electron chi connectivity index (χ2n) is 7.29. The van der Waals surface area contributed by atoms with Gasteiger partial charge in [-0.1, -0.05) is 12.1 Å². The molecular weight excluding hydrogens is 409 g/mol. The molecule has 32 heavy (non-hydrogen) atoms. The number of hydrogen-bond donors (Lipinski definition) is 1.